The highest BCUT2D eigenvalue weighted by molar-refractivity contribution is 6.35. The molecule has 2 nitrogen and oxygen atoms in total. The third kappa shape index (κ3) is 3.64. The van der Waals surface area contributed by atoms with Gasteiger partial charge in [0.15, 0.2) is 0 Å². The van der Waals surface area contributed by atoms with Gasteiger partial charge in [0.05, 0.1) is 5.02 Å². The molecule has 0 radical (unpaired) electrons. The molecule has 1 aliphatic heterocycles. The number of likely N-dealkylation sites (tertiary alicyclic amines) is 1. The lowest BCUT2D eigenvalue weighted by molar-refractivity contribution is 0.163. The van der Waals surface area contributed by atoms with E-state index in [0.717, 1.165) is 24.9 Å². The highest BCUT2D eigenvalue weighted by Gasteiger charge is 2.24. The minimum Gasteiger partial charge on any atom is -0.307 e. The van der Waals surface area contributed by atoms with Gasteiger partial charge in [-0.2, -0.15) is 0 Å². The van der Waals surface area contributed by atoms with Gasteiger partial charge in [-0.1, -0.05) is 23.2 Å². The average molecular weight is 319 g/mol. The highest BCUT2D eigenvalue weighted by Crippen LogP contribution is 2.29. The summed E-state index contributed by atoms with van der Waals surface area (Å²) in [5.74, 6) is -0.420. The molecule has 0 amide bonds. The smallest absolute Gasteiger partial charge is 0.142 e. The van der Waals surface area contributed by atoms with E-state index < -0.39 is 5.82 Å². The lowest BCUT2D eigenvalue weighted by atomic mass is 9.97. The quantitative estimate of drug-likeness (QED) is 0.837. The molecule has 0 spiro atoms. The Bertz CT molecular complexity index is 481. The first-order chi connectivity index (χ1) is 9.38. The molecule has 1 aromatic carbocycles. The molecule has 2 rings (SSSR count). The van der Waals surface area contributed by atoms with Gasteiger partial charge in [-0.3, -0.25) is 0 Å². The lowest BCUT2D eigenvalue weighted by Gasteiger charge is -2.37. The van der Waals surface area contributed by atoms with E-state index in [0.29, 0.717) is 17.1 Å². The zero-order valence-electron chi connectivity index (χ0n) is 12.1. The molecular weight excluding hydrogens is 298 g/mol. The van der Waals surface area contributed by atoms with Crippen molar-refractivity contribution in [2.75, 3.05) is 13.6 Å². The van der Waals surface area contributed by atoms with E-state index in [1.54, 1.807) is 0 Å². The molecule has 1 N–H and O–H groups in total. The van der Waals surface area contributed by atoms with Crippen LogP contribution in [0.5, 0.6) is 0 Å². The number of rotatable bonds is 3. The van der Waals surface area contributed by atoms with Crippen LogP contribution in [0.1, 0.15) is 38.3 Å². The summed E-state index contributed by atoms with van der Waals surface area (Å²) in [7, 11) is 2.15. The minimum absolute atomic E-state index is 0.00914. The van der Waals surface area contributed by atoms with Gasteiger partial charge in [-0.15, -0.1) is 0 Å². The van der Waals surface area contributed by atoms with Crippen LogP contribution in [0.3, 0.4) is 0 Å². The molecule has 3 unspecified atom stereocenters. The fourth-order valence-electron chi connectivity index (χ4n) is 2.75. The van der Waals surface area contributed by atoms with Crippen molar-refractivity contribution < 1.29 is 4.39 Å². The first-order valence-corrected chi connectivity index (χ1v) is 7.74. The van der Waals surface area contributed by atoms with Crippen molar-refractivity contribution in [1.29, 1.82) is 0 Å². The number of hydrogen-bond donors (Lipinski definition) is 1. The van der Waals surface area contributed by atoms with Crippen LogP contribution in [-0.2, 0) is 0 Å². The molecular formula is C15H21Cl2FN2. The molecule has 0 aromatic heterocycles. The fraction of sp³-hybridized carbons (Fsp3) is 0.600. The van der Waals surface area contributed by atoms with Crippen molar-refractivity contribution in [1.82, 2.24) is 10.2 Å². The van der Waals surface area contributed by atoms with Crippen molar-refractivity contribution in [3.8, 4) is 0 Å². The predicted molar refractivity (Wildman–Crippen MR) is 83.1 cm³/mol. The molecule has 0 bridgehead atoms. The zero-order chi connectivity index (χ0) is 14.9. The summed E-state index contributed by atoms with van der Waals surface area (Å²) in [5.41, 5.74) is 0.764. The normalized spacial score (nSPS) is 25.7. The largest absolute Gasteiger partial charge is 0.307 e. The van der Waals surface area contributed by atoms with Crippen molar-refractivity contribution >= 4 is 23.2 Å². The third-order valence-electron chi connectivity index (χ3n) is 4.20. The van der Waals surface area contributed by atoms with Gasteiger partial charge in [0.2, 0.25) is 0 Å². The molecule has 1 saturated heterocycles. The summed E-state index contributed by atoms with van der Waals surface area (Å²) in [5, 5.41) is 4.13. The second-order valence-corrected chi connectivity index (χ2v) is 6.54. The molecule has 112 valence electrons. The summed E-state index contributed by atoms with van der Waals surface area (Å²) in [6.07, 6.45) is 2.19. The van der Waals surface area contributed by atoms with E-state index in [2.05, 4.69) is 24.2 Å². The molecule has 20 heavy (non-hydrogen) atoms. The van der Waals surface area contributed by atoms with Gasteiger partial charge in [0, 0.05) is 23.1 Å². The Hall–Kier alpha value is -0.350. The molecule has 1 heterocycles. The van der Waals surface area contributed by atoms with E-state index in [1.807, 2.05) is 6.92 Å². The van der Waals surface area contributed by atoms with E-state index >= 15 is 0 Å². The Morgan fingerprint density at radius 1 is 1.35 bits per heavy atom. The summed E-state index contributed by atoms with van der Waals surface area (Å²) < 4.78 is 13.6. The molecule has 1 fully saturated rings. The van der Waals surface area contributed by atoms with Crippen LogP contribution in [0.4, 0.5) is 4.39 Å². The number of halogens is 3. The van der Waals surface area contributed by atoms with E-state index in [1.165, 1.54) is 12.1 Å². The zero-order valence-corrected chi connectivity index (χ0v) is 13.6. The maximum absolute atomic E-state index is 13.6. The second-order valence-electron chi connectivity index (χ2n) is 5.73. The first kappa shape index (κ1) is 16.0. The minimum atomic E-state index is -0.420. The molecule has 0 aliphatic carbocycles. The van der Waals surface area contributed by atoms with Crippen molar-refractivity contribution in [2.45, 2.75) is 44.8 Å². The molecule has 0 saturated carbocycles. The van der Waals surface area contributed by atoms with Gasteiger partial charge in [0.1, 0.15) is 5.82 Å². The average Bonchev–Trinajstić information content (AvgIpc) is 2.38. The van der Waals surface area contributed by atoms with Crippen molar-refractivity contribution in [3.05, 3.63) is 33.6 Å². The fourth-order valence-corrected chi connectivity index (χ4v) is 3.30. The van der Waals surface area contributed by atoms with Crippen LogP contribution < -0.4 is 5.32 Å². The van der Waals surface area contributed by atoms with Crippen LogP contribution in [0.2, 0.25) is 10.0 Å². The van der Waals surface area contributed by atoms with Gasteiger partial charge in [0.25, 0.3) is 0 Å². The lowest BCUT2D eigenvalue weighted by Crippen LogP contribution is -2.46. The summed E-state index contributed by atoms with van der Waals surface area (Å²) in [6.45, 7) is 5.32. The van der Waals surface area contributed by atoms with Crippen molar-refractivity contribution in [3.63, 3.8) is 0 Å². The summed E-state index contributed by atoms with van der Waals surface area (Å²) in [6, 6.07) is 3.91. The van der Waals surface area contributed by atoms with Gasteiger partial charge in [-0.25, -0.2) is 4.39 Å². The Kier molecular flexibility index (Phi) is 5.30. The molecule has 3 atom stereocenters. The first-order valence-electron chi connectivity index (χ1n) is 6.99. The third-order valence-corrected chi connectivity index (χ3v) is 4.82. The number of piperidine rings is 1. The van der Waals surface area contributed by atoms with Crippen LogP contribution in [0, 0.1) is 5.82 Å². The number of nitrogens with zero attached hydrogens (tertiary/aromatic N) is 1. The molecule has 5 heteroatoms. The topological polar surface area (TPSA) is 15.3 Å². The Balaban J connectivity index is 2.05. The predicted octanol–water partition coefficient (Wildman–Crippen LogP) is 4.27. The standard InChI is InChI=1S/C15H21Cl2FN2/c1-9-6-11(4-5-20(9)3)19-10(2)12-7-15(18)14(17)8-13(12)16/h7-11,19H,4-6H2,1-3H3. The van der Waals surface area contributed by atoms with Gasteiger partial charge < -0.3 is 10.2 Å². The molecule has 1 aliphatic rings. The van der Waals surface area contributed by atoms with Gasteiger partial charge in [-0.05, 0) is 58.0 Å². The van der Waals surface area contributed by atoms with E-state index in [4.69, 9.17) is 23.2 Å². The maximum Gasteiger partial charge on any atom is 0.142 e. The Morgan fingerprint density at radius 3 is 2.70 bits per heavy atom. The Labute approximate surface area is 130 Å². The maximum atomic E-state index is 13.6. The van der Waals surface area contributed by atoms with E-state index in [-0.39, 0.29) is 11.1 Å². The SMILES string of the molecule is CC(NC1CCN(C)C(C)C1)c1cc(F)c(Cl)cc1Cl. The Morgan fingerprint density at radius 2 is 2.05 bits per heavy atom. The molecule has 1 aromatic rings. The van der Waals surface area contributed by atoms with Crippen molar-refractivity contribution in [2.24, 2.45) is 0 Å². The number of nitrogens with one attached hydrogen (secondary N) is 1. The van der Waals surface area contributed by atoms with Crippen LogP contribution in [-0.4, -0.2) is 30.6 Å². The number of hydrogen-bond acceptors (Lipinski definition) is 2. The van der Waals surface area contributed by atoms with Gasteiger partial charge >= 0.3 is 0 Å². The monoisotopic (exact) mass is 318 g/mol. The van der Waals surface area contributed by atoms with E-state index in [9.17, 15) is 4.39 Å². The van der Waals surface area contributed by atoms with Crippen LogP contribution in [0.25, 0.3) is 0 Å². The second kappa shape index (κ2) is 6.61. The number of benzene rings is 1. The summed E-state index contributed by atoms with van der Waals surface area (Å²) in [4.78, 5) is 2.36. The van der Waals surface area contributed by atoms with Crippen LogP contribution in [0.15, 0.2) is 12.1 Å². The summed E-state index contributed by atoms with van der Waals surface area (Å²) >= 11 is 11.9. The van der Waals surface area contributed by atoms with Crippen LogP contribution >= 0.6 is 23.2 Å². The highest BCUT2D eigenvalue weighted by atomic mass is 35.5.